The molecule has 0 amide bonds. The summed E-state index contributed by atoms with van der Waals surface area (Å²) in [6.07, 6.45) is -8.64. The Morgan fingerprint density at radius 2 is 1.24 bits per heavy atom. The highest BCUT2D eigenvalue weighted by Crippen LogP contribution is 2.37. The quantitative estimate of drug-likeness (QED) is 0.138. The first-order valence-corrected chi connectivity index (χ1v) is 18.4. The monoisotopic (exact) mass is 740 g/mol. The molecule has 9 atom stereocenters. The van der Waals surface area contributed by atoms with Gasteiger partial charge < -0.3 is 47.7 Å². The normalized spacial score (nSPS) is 28.2. The second-order valence-electron chi connectivity index (χ2n) is 14.1. The Balaban J connectivity index is 1.17. The van der Waals surface area contributed by atoms with Gasteiger partial charge in [-0.05, 0) is 36.1 Å². The van der Waals surface area contributed by atoms with E-state index in [2.05, 4.69) is 0 Å². The number of ether oxygens (including phenoxy) is 9. The standard InChI is InChI=1S/C43H48O11/c1-43(2)50-28-34(54-43)36-35(44)38(41(45)51-36)53-42-40(49-26-32-21-13-6-14-22-32)39(48-25-31-19-11-5-12-20-31)37(52-42)33(47-24-30-17-9-4-10-18-30)27-46-23-29-15-7-3-8-16-29/h3-22,33-40,42,44H,23-28H2,1-2H3/t33-,34-,35+,36+,37+,38-,39+,40-,42-/m1/s1. The first kappa shape index (κ1) is 38.3. The van der Waals surface area contributed by atoms with Crippen molar-refractivity contribution in [1.82, 2.24) is 0 Å². The fraction of sp³-hybridized carbons (Fsp3) is 0.419. The zero-order valence-corrected chi connectivity index (χ0v) is 30.5. The molecule has 3 saturated heterocycles. The Morgan fingerprint density at radius 3 is 1.78 bits per heavy atom. The lowest BCUT2D eigenvalue weighted by Gasteiger charge is -2.29. The number of cyclic esters (lactones) is 1. The number of hydrogen-bond donors (Lipinski definition) is 1. The number of carbonyl (C=O) groups excluding carboxylic acids is 1. The molecule has 54 heavy (non-hydrogen) atoms. The Morgan fingerprint density at radius 1 is 0.722 bits per heavy atom. The van der Waals surface area contributed by atoms with Crippen LogP contribution < -0.4 is 0 Å². The molecular formula is C43H48O11. The summed E-state index contributed by atoms with van der Waals surface area (Å²) in [5, 5.41) is 11.5. The smallest absolute Gasteiger partial charge is 0.338 e. The molecule has 3 fully saturated rings. The van der Waals surface area contributed by atoms with E-state index in [1.165, 1.54) is 0 Å². The van der Waals surface area contributed by atoms with Gasteiger partial charge in [0, 0.05) is 0 Å². The summed E-state index contributed by atoms with van der Waals surface area (Å²) in [4.78, 5) is 13.4. The molecule has 0 spiro atoms. The minimum atomic E-state index is -1.39. The fourth-order valence-electron chi connectivity index (χ4n) is 6.88. The van der Waals surface area contributed by atoms with Crippen LogP contribution in [0.4, 0.5) is 0 Å². The van der Waals surface area contributed by atoms with Crippen molar-refractivity contribution in [3.8, 4) is 0 Å². The second kappa shape index (κ2) is 18.1. The number of benzene rings is 4. The summed E-state index contributed by atoms with van der Waals surface area (Å²) in [6, 6.07) is 39.2. The van der Waals surface area contributed by atoms with Crippen LogP contribution in [-0.4, -0.2) is 85.2 Å². The number of carbonyl (C=O) groups is 1. The van der Waals surface area contributed by atoms with Gasteiger partial charge in [0.15, 0.2) is 24.3 Å². The van der Waals surface area contributed by atoms with Crippen LogP contribution >= 0.6 is 0 Å². The third-order valence-corrected chi connectivity index (χ3v) is 9.65. The highest BCUT2D eigenvalue weighted by Gasteiger charge is 2.57. The molecule has 0 saturated carbocycles. The predicted molar refractivity (Wildman–Crippen MR) is 195 cm³/mol. The molecular weight excluding hydrogens is 692 g/mol. The molecule has 3 aliphatic heterocycles. The van der Waals surface area contributed by atoms with Gasteiger partial charge in [-0.25, -0.2) is 4.79 Å². The fourth-order valence-corrected chi connectivity index (χ4v) is 6.88. The van der Waals surface area contributed by atoms with Crippen molar-refractivity contribution in [3.63, 3.8) is 0 Å². The van der Waals surface area contributed by atoms with E-state index >= 15 is 0 Å². The maximum Gasteiger partial charge on any atom is 0.338 e. The Bertz CT molecular complexity index is 1730. The van der Waals surface area contributed by atoms with Crippen molar-refractivity contribution in [3.05, 3.63) is 144 Å². The SMILES string of the molecule is CC1(C)OC[C@H]([C@@H]2OC(=O)[C@H](O[C@H]3O[C@@H]([C@@H](COCc4ccccc4)OCc4ccccc4)[C@H](OCc4ccccc4)[C@H]3OCc3ccccc3)[C@H]2O)O1. The van der Waals surface area contributed by atoms with Crippen molar-refractivity contribution < 1.29 is 52.5 Å². The van der Waals surface area contributed by atoms with Gasteiger partial charge >= 0.3 is 5.97 Å². The van der Waals surface area contributed by atoms with Crippen LogP contribution in [-0.2, 0) is 73.9 Å². The first-order chi connectivity index (χ1) is 26.3. The summed E-state index contributed by atoms with van der Waals surface area (Å²) in [7, 11) is 0. The molecule has 4 aromatic rings. The van der Waals surface area contributed by atoms with E-state index in [1.807, 2.05) is 121 Å². The molecule has 3 heterocycles. The largest absolute Gasteiger partial charge is 0.455 e. The molecule has 3 aliphatic rings. The third kappa shape index (κ3) is 9.80. The van der Waals surface area contributed by atoms with Gasteiger partial charge in [-0.2, -0.15) is 0 Å². The first-order valence-electron chi connectivity index (χ1n) is 18.4. The molecule has 286 valence electrons. The molecule has 0 aromatic heterocycles. The van der Waals surface area contributed by atoms with Crippen LogP contribution in [0.1, 0.15) is 36.1 Å². The summed E-state index contributed by atoms with van der Waals surface area (Å²) in [5.74, 6) is -1.62. The number of aliphatic hydroxyl groups is 1. The average molecular weight is 741 g/mol. The molecule has 11 heteroatoms. The van der Waals surface area contributed by atoms with Crippen LogP contribution in [0.5, 0.6) is 0 Å². The van der Waals surface area contributed by atoms with E-state index in [9.17, 15) is 9.90 Å². The van der Waals surface area contributed by atoms with Crippen molar-refractivity contribution in [2.24, 2.45) is 0 Å². The van der Waals surface area contributed by atoms with Crippen molar-refractivity contribution in [1.29, 1.82) is 0 Å². The maximum atomic E-state index is 13.4. The van der Waals surface area contributed by atoms with E-state index in [4.69, 9.17) is 42.6 Å². The van der Waals surface area contributed by atoms with Gasteiger partial charge in [-0.1, -0.05) is 121 Å². The predicted octanol–water partition coefficient (Wildman–Crippen LogP) is 5.51. The molecule has 4 aromatic carbocycles. The summed E-state index contributed by atoms with van der Waals surface area (Å²) < 4.78 is 56.5. The Hall–Kier alpha value is -4.01. The summed E-state index contributed by atoms with van der Waals surface area (Å²) >= 11 is 0. The van der Waals surface area contributed by atoms with Gasteiger partial charge in [0.1, 0.15) is 36.6 Å². The highest BCUT2D eigenvalue weighted by atomic mass is 16.8. The minimum absolute atomic E-state index is 0.151. The summed E-state index contributed by atoms with van der Waals surface area (Å²) in [6.45, 7) is 4.91. The number of aliphatic hydroxyl groups excluding tert-OH is 1. The van der Waals surface area contributed by atoms with Crippen LogP contribution in [0.2, 0.25) is 0 Å². The molecule has 0 unspecified atom stereocenters. The number of esters is 1. The lowest BCUT2D eigenvalue weighted by Crippen LogP contribution is -2.46. The Kier molecular flexibility index (Phi) is 12.8. The molecule has 0 bridgehead atoms. The molecule has 1 N–H and O–H groups in total. The summed E-state index contributed by atoms with van der Waals surface area (Å²) in [5.41, 5.74) is 3.85. The van der Waals surface area contributed by atoms with E-state index in [1.54, 1.807) is 13.8 Å². The molecule has 11 nitrogen and oxygen atoms in total. The molecule has 0 radical (unpaired) electrons. The van der Waals surface area contributed by atoms with Gasteiger partial charge in [-0.15, -0.1) is 0 Å². The van der Waals surface area contributed by atoms with Crippen LogP contribution in [0, 0.1) is 0 Å². The lowest BCUT2D eigenvalue weighted by molar-refractivity contribution is -0.225. The van der Waals surface area contributed by atoms with Gasteiger partial charge in [0.05, 0.1) is 39.6 Å². The highest BCUT2D eigenvalue weighted by molar-refractivity contribution is 5.78. The molecule has 0 aliphatic carbocycles. The van der Waals surface area contributed by atoms with Gasteiger partial charge in [0.25, 0.3) is 0 Å². The van der Waals surface area contributed by atoms with E-state index in [0.717, 1.165) is 22.3 Å². The van der Waals surface area contributed by atoms with Crippen LogP contribution in [0.3, 0.4) is 0 Å². The zero-order valence-electron chi connectivity index (χ0n) is 30.5. The number of hydrogen-bond acceptors (Lipinski definition) is 11. The number of rotatable bonds is 17. The third-order valence-electron chi connectivity index (χ3n) is 9.65. The van der Waals surface area contributed by atoms with E-state index in [0.29, 0.717) is 6.61 Å². The lowest BCUT2D eigenvalue weighted by atomic mass is 10.0. The van der Waals surface area contributed by atoms with E-state index < -0.39 is 66.9 Å². The van der Waals surface area contributed by atoms with Crippen molar-refractivity contribution >= 4 is 5.97 Å². The Labute approximate surface area is 315 Å². The van der Waals surface area contributed by atoms with Crippen molar-refractivity contribution in [2.45, 2.75) is 101 Å². The van der Waals surface area contributed by atoms with Crippen LogP contribution in [0.15, 0.2) is 121 Å². The zero-order chi connectivity index (χ0) is 37.3. The average Bonchev–Trinajstić information content (AvgIpc) is 3.83. The van der Waals surface area contributed by atoms with Crippen LogP contribution in [0.25, 0.3) is 0 Å². The van der Waals surface area contributed by atoms with Gasteiger partial charge in [-0.3, -0.25) is 0 Å². The minimum Gasteiger partial charge on any atom is -0.455 e. The van der Waals surface area contributed by atoms with E-state index in [-0.39, 0.29) is 33.0 Å². The molecule has 7 rings (SSSR count). The van der Waals surface area contributed by atoms with Crippen molar-refractivity contribution in [2.75, 3.05) is 13.2 Å². The maximum absolute atomic E-state index is 13.4. The topological polar surface area (TPSA) is 120 Å². The second-order valence-corrected chi connectivity index (χ2v) is 14.1. The van der Waals surface area contributed by atoms with Gasteiger partial charge in [0.2, 0.25) is 0 Å².